The fraction of sp³-hybridized carbons (Fsp3) is 0.667. The van der Waals surface area contributed by atoms with Crippen LogP contribution in [-0.4, -0.2) is 24.5 Å². The molecule has 15 heavy (non-hydrogen) atoms. The van der Waals surface area contributed by atoms with Crippen molar-refractivity contribution >= 4 is 11.3 Å². The van der Waals surface area contributed by atoms with Gasteiger partial charge in [-0.3, -0.25) is 4.90 Å². The molecule has 3 heteroatoms. The minimum Gasteiger partial charge on any atom is -0.326 e. The lowest BCUT2D eigenvalue weighted by Gasteiger charge is -2.24. The third kappa shape index (κ3) is 4.33. The van der Waals surface area contributed by atoms with Gasteiger partial charge in [-0.1, -0.05) is 26.3 Å². The van der Waals surface area contributed by atoms with Crippen molar-refractivity contribution < 1.29 is 0 Å². The van der Waals surface area contributed by atoms with E-state index in [0.29, 0.717) is 12.0 Å². The second-order valence-electron chi connectivity index (χ2n) is 4.33. The van der Waals surface area contributed by atoms with Crippen LogP contribution in [-0.2, 0) is 6.54 Å². The van der Waals surface area contributed by atoms with Crippen molar-refractivity contribution in [2.45, 2.75) is 32.9 Å². The Balaban J connectivity index is 2.32. The van der Waals surface area contributed by atoms with E-state index in [0.717, 1.165) is 19.5 Å². The molecule has 0 spiro atoms. The molecule has 2 atom stereocenters. The first kappa shape index (κ1) is 12.7. The van der Waals surface area contributed by atoms with Gasteiger partial charge in [-0.2, -0.15) is 0 Å². The molecule has 0 aliphatic rings. The Kier molecular flexibility index (Phi) is 5.29. The quantitative estimate of drug-likeness (QED) is 0.808. The number of hydrogen-bond acceptors (Lipinski definition) is 3. The summed E-state index contributed by atoms with van der Waals surface area (Å²) in [6, 6.07) is 4.57. The molecule has 0 aromatic carbocycles. The van der Waals surface area contributed by atoms with E-state index in [1.807, 2.05) is 11.3 Å². The van der Waals surface area contributed by atoms with Crippen molar-refractivity contribution in [1.82, 2.24) is 4.90 Å². The molecule has 2 unspecified atom stereocenters. The van der Waals surface area contributed by atoms with Crippen molar-refractivity contribution in [3.63, 3.8) is 0 Å². The van der Waals surface area contributed by atoms with Crippen LogP contribution in [0.25, 0.3) is 0 Å². The van der Waals surface area contributed by atoms with Crippen LogP contribution in [0.15, 0.2) is 17.5 Å². The minimum absolute atomic E-state index is 0.292. The summed E-state index contributed by atoms with van der Waals surface area (Å²) in [5, 5.41) is 2.12. The highest BCUT2D eigenvalue weighted by atomic mass is 32.1. The summed E-state index contributed by atoms with van der Waals surface area (Å²) < 4.78 is 0. The molecule has 0 bridgehead atoms. The van der Waals surface area contributed by atoms with E-state index in [1.165, 1.54) is 4.88 Å². The zero-order chi connectivity index (χ0) is 11.3. The van der Waals surface area contributed by atoms with E-state index in [1.54, 1.807) is 0 Å². The van der Waals surface area contributed by atoms with E-state index in [2.05, 4.69) is 43.3 Å². The number of thiophene rings is 1. The second-order valence-corrected chi connectivity index (χ2v) is 5.36. The highest BCUT2D eigenvalue weighted by molar-refractivity contribution is 7.09. The summed E-state index contributed by atoms with van der Waals surface area (Å²) in [6.45, 7) is 6.42. The third-order valence-electron chi connectivity index (χ3n) is 2.90. The van der Waals surface area contributed by atoms with E-state index in [4.69, 9.17) is 5.73 Å². The average Bonchev–Trinajstić information content (AvgIpc) is 2.68. The molecule has 0 fully saturated rings. The maximum absolute atomic E-state index is 6.12. The van der Waals surface area contributed by atoms with Crippen LogP contribution in [0.2, 0.25) is 0 Å². The molecule has 0 saturated heterocycles. The third-order valence-corrected chi connectivity index (χ3v) is 3.76. The van der Waals surface area contributed by atoms with Crippen LogP contribution < -0.4 is 5.73 Å². The maximum atomic E-state index is 6.12. The molecule has 86 valence electrons. The lowest BCUT2D eigenvalue weighted by atomic mass is 10.00. The predicted octanol–water partition coefficient (Wildman–Crippen LogP) is 2.55. The maximum Gasteiger partial charge on any atom is 0.0325 e. The van der Waals surface area contributed by atoms with Gasteiger partial charge < -0.3 is 5.73 Å². The summed E-state index contributed by atoms with van der Waals surface area (Å²) in [6.07, 6.45) is 1.16. The molecule has 2 N–H and O–H groups in total. The number of hydrogen-bond donors (Lipinski definition) is 1. The lowest BCUT2D eigenvalue weighted by Crippen LogP contribution is -2.39. The van der Waals surface area contributed by atoms with Crippen LogP contribution in [0.1, 0.15) is 25.1 Å². The summed E-state index contributed by atoms with van der Waals surface area (Å²) in [5.74, 6) is 0.607. The second kappa shape index (κ2) is 6.26. The Morgan fingerprint density at radius 2 is 2.27 bits per heavy atom. The van der Waals surface area contributed by atoms with Gasteiger partial charge >= 0.3 is 0 Å². The Morgan fingerprint density at radius 3 is 2.80 bits per heavy atom. The van der Waals surface area contributed by atoms with Gasteiger partial charge in [0.05, 0.1) is 0 Å². The van der Waals surface area contributed by atoms with Crippen molar-refractivity contribution in [2.24, 2.45) is 11.7 Å². The van der Waals surface area contributed by atoms with E-state index in [-0.39, 0.29) is 0 Å². The molecular formula is C12H22N2S. The van der Waals surface area contributed by atoms with Gasteiger partial charge in [0.2, 0.25) is 0 Å². The van der Waals surface area contributed by atoms with Gasteiger partial charge in [0, 0.05) is 24.0 Å². The van der Waals surface area contributed by atoms with Crippen molar-refractivity contribution in [3.05, 3.63) is 22.4 Å². The lowest BCUT2D eigenvalue weighted by molar-refractivity contribution is 0.269. The van der Waals surface area contributed by atoms with Gasteiger partial charge in [-0.25, -0.2) is 0 Å². The van der Waals surface area contributed by atoms with Crippen LogP contribution in [0, 0.1) is 5.92 Å². The minimum atomic E-state index is 0.292. The van der Waals surface area contributed by atoms with Gasteiger partial charge in [-0.15, -0.1) is 11.3 Å². The topological polar surface area (TPSA) is 29.3 Å². The molecule has 0 radical (unpaired) electrons. The molecule has 0 aliphatic heterocycles. The van der Waals surface area contributed by atoms with Crippen molar-refractivity contribution in [2.75, 3.05) is 13.6 Å². The molecule has 0 saturated carbocycles. The number of nitrogens with zero attached hydrogens (tertiary/aromatic N) is 1. The summed E-state index contributed by atoms with van der Waals surface area (Å²) in [4.78, 5) is 3.72. The molecule has 1 rings (SSSR count). The van der Waals surface area contributed by atoms with Crippen LogP contribution in [0.5, 0.6) is 0 Å². The summed E-state index contributed by atoms with van der Waals surface area (Å²) >= 11 is 1.81. The van der Waals surface area contributed by atoms with E-state index in [9.17, 15) is 0 Å². The van der Waals surface area contributed by atoms with E-state index >= 15 is 0 Å². The van der Waals surface area contributed by atoms with Crippen LogP contribution >= 0.6 is 11.3 Å². The smallest absolute Gasteiger partial charge is 0.0325 e. The summed E-state index contributed by atoms with van der Waals surface area (Å²) in [7, 11) is 2.14. The molecule has 0 aliphatic carbocycles. The first-order valence-corrected chi connectivity index (χ1v) is 6.48. The number of rotatable bonds is 6. The Hall–Kier alpha value is -0.380. The van der Waals surface area contributed by atoms with Crippen LogP contribution in [0.4, 0.5) is 0 Å². The molecule has 0 amide bonds. The molecule has 2 nitrogen and oxygen atoms in total. The largest absolute Gasteiger partial charge is 0.326 e. The standard InChI is InChI=1S/C12H22N2S/c1-4-10(2)12(13)9-14(3)8-11-6-5-7-15-11/h5-7,10,12H,4,8-9,13H2,1-3H3. The SMILES string of the molecule is CCC(C)C(N)CN(C)Cc1cccs1. The Morgan fingerprint density at radius 1 is 1.53 bits per heavy atom. The summed E-state index contributed by atoms with van der Waals surface area (Å²) in [5.41, 5.74) is 6.12. The molecule has 1 aromatic rings. The monoisotopic (exact) mass is 226 g/mol. The first-order valence-electron chi connectivity index (χ1n) is 5.60. The molecule has 1 aromatic heterocycles. The van der Waals surface area contributed by atoms with Gasteiger partial charge in [0.1, 0.15) is 0 Å². The zero-order valence-electron chi connectivity index (χ0n) is 9.94. The van der Waals surface area contributed by atoms with Gasteiger partial charge in [-0.05, 0) is 24.4 Å². The van der Waals surface area contributed by atoms with E-state index < -0.39 is 0 Å². The van der Waals surface area contributed by atoms with Gasteiger partial charge in [0.15, 0.2) is 0 Å². The number of likely N-dealkylation sites (N-methyl/N-ethyl adjacent to an activating group) is 1. The fourth-order valence-electron chi connectivity index (χ4n) is 1.58. The normalized spacial score (nSPS) is 15.5. The highest BCUT2D eigenvalue weighted by Crippen LogP contribution is 2.12. The first-order chi connectivity index (χ1) is 7.13. The molecular weight excluding hydrogens is 204 g/mol. The average molecular weight is 226 g/mol. The van der Waals surface area contributed by atoms with Crippen molar-refractivity contribution in [1.29, 1.82) is 0 Å². The predicted molar refractivity (Wildman–Crippen MR) is 68.1 cm³/mol. The van der Waals surface area contributed by atoms with Crippen LogP contribution in [0.3, 0.4) is 0 Å². The fourth-order valence-corrected chi connectivity index (χ4v) is 2.36. The molecule has 1 heterocycles. The number of nitrogens with two attached hydrogens (primary N) is 1. The van der Waals surface area contributed by atoms with Gasteiger partial charge in [0.25, 0.3) is 0 Å². The Bertz CT molecular complexity index is 259. The zero-order valence-corrected chi connectivity index (χ0v) is 10.8. The Labute approximate surface area is 97.1 Å². The highest BCUT2D eigenvalue weighted by Gasteiger charge is 2.13. The van der Waals surface area contributed by atoms with Crippen molar-refractivity contribution in [3.8, 4) is 0 Å².